The van der Waals surface area contributed by atoms with Crippen molar-refractivity contribution in [2.45, 2.75) is 12.5 Å². The van der Waals surface area contributed by atoms with Crippen LogP contribution >= 0.6 is 0 Å². The van der Waals surface area contributed by atoms with Gasteiger partial charge in [-0.15, -0.1) is 0 Å². The zero-order chi connectivity index (χ0) is 14.4. The average Bonchev–Trinajstić information content (AvgIpc) is 3.16. The highest BCUT2D eigenvalue weighted by Crippen LogP contribution is 2.27. The number of aromatic nitrogens is 5. The van der Waals surface area contributed by atoms with E-state index >= 15 is 0 Å². The van der Waals surface area contributed by atoms with Crippen LogP contribution in [0.1, 0.15) is 6.42 Å². The van der Waals surface area contributed by atoms with Crippen molar-refractivity contribution in [1.29, 1.82) is 0 Å². The highest BCUT2D eigenvalue weighted by molar-refractivity contribution is 5.78. The van der Waals surface area contributed by atoms with E-state index in [4.69, 9.17) is 16.5 Å². The molecule has 5 N–H and O–H groups in total. The van der Waals surface area contributed by atoms with Gasteiger partial charge in [0.25, 0.3) is 0 Å². The summed E-state index contributed by atoms with van der Waals surface area (Å²) in [5, 5.41) is 11.1. The van der Waals surface area contributed by atoms with Gasteiger partial charge in [0.2, 0.25) is 0 Å². The van der Waals surface area contributed by atoms with Gasteiger partial charge in [-0.2, -0.15) is 14.7 Å². The van der Waals surface area contributed by atoms with Crippen molar-refractivity contribution in [3.05, 3.63) is 24.7 Å². The Kier molecular flexibility index (Phi) is 2.58. The Morgan fingerprint density at radius 3 is 2.95 bits per heavy atom. The van der Waals surface area contributed by atoms with E-state index in [1.807, 2.05) is 12.3 Å². The predicted molar refractivity (Wildman–Crippen MR) is 79.8 cm³/mol. The van der Waals surface area contributed by atoms with E-state index in [0.29, 0.717) is 5.82 Å². The van der Waals surface area contributed by atoms with Crippen LogP contribution in [0.25, 0.3) is 16.8 Å². The Labute approximate surface area is 120 Å². The maximum atomic E-state index is 6.11. The SMILES string of the molecule is Nc1cc(N2CC[C@H](N)C2)nc2c(-c3cn[nH]c3)cnn12. The van der Waals surface area contributed by atoms with Gasteiger partial charge in [-0.3, -0.25) is 5.10 Å². The fourth-order valence-corrected chi connectivity index (χ4v) is 2.73. The molecule has 3 aromatic heterocycles. The Morgan fingerprint density at radius 2 is 2.24 bits per heavy atom. The predicted octanol–water partition coefficient (Wildman–Crippen LogP) is 0.239. The normalized spacial score (nSPS) is 18.7. The van der Waals surface area contributed by atoms with Crippen molar-refractivity contribution < 1.29 is 0 Å². The van der Waals surface area contributed by atoms with Gasteiger partial charge in [-0.05, 0) is 6.42 Å². The first-order valence-corrected chi connectivity index (χ1v) is 6.86. The third kappa shape index (κ3) is 1.91. The number of nitrogens with two attached hydrogens (primary N) is 2. The van der Waals surface area contributed by atoms with Gasteiger partial charge in [-0.1, -0.05) is 0 Å². The summed E-state index contributed by atoms with van der Waals surface area (Å²) in [5.74, 6) is 1.41. The molecule has 0 spiro atoms. The summed E-state index contributed by atoms with van der Waals surface area (Å²) >= 11 is 0. The molecule has 1 saturated heterocycles. The molecule has 4 heterocycles. The molecule has 21 heavy (non-hydrogen) atoms. The molecule has 108 valence electrons. The largest absolute Gasteiger partial charge is 0.383 e. The summed E-state index contributed by atoms with van der Waals surface area (Å²) in [4.78, 5) is 6.88. The van der Waals surface area contributed by atoms with Crippen LogP contribution < -0.4 is 16.4 Å². The van der Waals surface area contributed by atoms with Crippen LogP contribution in [-0.2, 0) is 0 Å². The summed E-state index contributed by atoms with van der Waals surface area (Å²) in [6.45, 7) is 1.71. The second kappa shape index (κ2) is 4.45. The number of anilines is 2. The molecule has 8 heteroatoms. The van der Waals surface area contributed by atoms with E-state index in [-0.39, 0.29) is 6.04 Å². The third-order valence-electron chi connectivity index (χ3n) is 3.84. The number of rotatable bonds is 2. The van der Waals surface area contributed by atoms with Crippen LogP contribution in [0, 0.1) is 0 Å². The first-order chi connectivity index (χ1) is 10.2. The van der Waals surface area contributed by atoms with Gasteiger partial charge >= 0.3 is 0 Å². The Bertz CT molecular complexity index is 775. The third-order valence-corrected chi connectivity index (χ3v) is 3.84. The van der Waals surface area contributed by atoms with Crippen molar-refractivity contribution in [1.82, 2.24) is 24.8 Å². The zero-order valence-corrected chi connectivity index (χ0v) is 11.4. The zero-order valence-electron chi connectivity index (χ0n) is 11.4. The molecule has 0 aliphatic carbocycles. The molecule has 0 radical (unpaired) electrons. The van der Waals surface area contributed by atoms with Crippen molar-refractivity contribution in [3.63, 3.8) is 0 Å². The fraction of sp³-hybridized carbons (Fsp3) is 0.308. The van der Waals surface area contributed by atoms with E-state index in [2.05, 4.69) is 20.2 Å². The lowest BCUT2D eigenvalue weighted by Crippen LogP contribution is -2.27. The number of nitrogen functional groups attached to an aromatic ring is 1. The Hall–Kier alpha value is -2.61. The second-order valence-electron chi connectivity index (χ2n) is 5.31. The molecule has 3 aromatic rings. The van der Waals surface area contributed by atoms with Gasteiger partial charge in [0.1, 0.15) is 11.6 Å². The van der Waals surface area contributed by atoms with Crippen LogP contribution in [0.3, 0.4) is 0 Å². The standard InChI is InChI=1S/C13H16N8/c14-9-1-2-20(7-9)12-3-11(15)21-13(19-12)10(6-18-21)8-4-16-17-5-8/h3-6,9H,1-2,7,14-15H2,(H,16,17)/t9-/m0/s1. The highest BCUT2D eigenvalue weighted by Gasteiger charge is 2.22. The number of nitrogens with zero attached hydrogens (tertiary/aromatic N) is 5. The minimum absolute atomic E-state index is 0.197. The van der Waals surface area contributed by atoms with Gasteiger partial charge in [0.05, 0.1) is 12.4 Å². The molecule has 8 nitrogen and oxygen atoms in total. The van der Waals surface area contributed by atoms with Crippen molar-refractivity contribution in [2.24, 2.45) is 5.73 Å². The van der Waals surface area contributed by atoms with Gasteiger partial charge in [0, 0.05) is 42.5 Å². The van der Waals surface area contributed by atoms with E-state index in [9.17, 15) is 0 Å². The molecule has 0 aromatic carbocycles. The maximum Gasteiger partial charge on any atom is 0.167 e. The van der Waals surface area contributed by atoms with E-state index in [1.165, 1.54) is 0 Å². The number of aromatic amines is 1. The smallest absolute Gasteiger partial charge is 0.167 e. The lowest BCUT2D eigenvalue weighted by atomic mass is 10.2. The Balaban J connectivity index is 1.85. The summed E-state index contributed by atoms with van der Waals surface area (Å²) < 4.78 is 1.64. The molecule has 1 aliphatic heterocycles. The lowest BCUT2D eigenvalue weighted by Gasteiger charge is -2.17. The van der Waals surface area contributed by atoms with Crippen LogP contribution in [0.15, 0.2) is 24.7 Å². The van der Waals surface area contributed by atoms with E-state index < -0.39 is 0 Å². The van der Waals surface area contributed by atoms with Crippen LogP contribution in [-0.4, -0.2) is 43.9 Å². The number of hydrogen-bond donors (Lipinski definition) is 3. The summed E-state index contributed by atoms with van der Waals surface area (Å²) in [6.07, 6.45) is 6.28. The quantitative estimate of drug-likeness (QED) is 0.621. The molecule has 0 unspecified atom stereocenters. The number of hydrogen-bond acceptors (Lipinski definition) is 6. The lowest BCUT2D eigenvalue weighted by molar-refractivity contribution is 0.751. The minimum Gasteiger partial charge on any atom is -0.383 e. The van der Waals surface area contributed by atoms with Crippen LogP contribution in [0.2, 0.25) is 0 Å². The van der Waals surface area contributed by atoms with Crippen molar-refractivity contribution in [3.8, 4) is 11.1 Å². The molecular formula is C13H16N8. The highest BCUT2D eigenvalue weighted by atomic mass is 15.3. The van der Waals surface area contributed by atoms with Crippen LogP contribution in [0.5, 0.6) is 0 Å². The second-order valence-corrected chi connectivity index (χ2v) is 5.31. The average molecular weight is 284 g/mol. The number of nitrogens with one attached hydrogen (secondary N) is 1. The van der Waals surface area contributed by atoms with Crippen LogP contribution in [0.4, 0.5) is 11.6 Å². The van der Waals surface area contributed by atoms with Gasteiger partial charge in [0.15, 0.2) is 5.65 Å². The topological polar surface area (TPSA) is 114 Å². The first kappa shape index (κ1) is 12.2. The van der Waals surface area contributed by atoms with Crippen molar-refractivity contribution in [2.75, 3.05) is 23.7 Å². The van der Waals surface area contributed by atoms with E-state index in [0.717, 1.165) is 42.1 Å². The molecule has 4 rings (SSSR count). The first-order valence-electron chi connectivity index (χ1n) is 6.86. The van der Waals surface area contributed by atoms with Gasteiger partial charge < -0.3 is 16.4 Å². The Morgan fingerprint density at radius 1 is 1.33 bits per heavy atom. The van der Waals surface area contributed by atoms with Crippen molar-refractivity contribution >= 4 is 17.3 Å². The minimum atomic E-state index is 0.197. The molecule has 0 amide bonds. The molecule has 1 fully saturated rings. The number of H-pyrrole nitrogens is 1. The van der Waals surface area contributed by atoms with E-state index in [1.54, 1.807) is 16.9 Å². The summed E-state index contributed by atoms with van der Waals surface area (Å²) in [5.41, 5.74) is 14.6. The fourth-order valence-electron chi connectivity index (χ4n) is 2.73. The number of fused-ring (bicyclic) bond motifs is 1. The molecule has 0 saturated carbocycles. The summed E-state index contributed by atoms with van der Waals surface area (Å²) in [6, 6.07) is 2.04. The van der Waals surface area contributed by atoms with Gasteiger partial charge in [-0.25, -0.2) is 4.98 Å². The molecular weight excluding hydrogens is 268 g/mol. The monoisotopic (exact) mass is 284 g/mol. The molecule has 1 atom stereocenters. The summed E-state index contributed by atoms with van der Waals surface area (Å²) in [7, 11) is 0. The molecule has 1 aliphatic rings. The molecule has 0 bridgehead atoms. The maximum absolute atomic E-state index is 6.11.